The fourth-order valence-electron chi connectivity index (χ4n) is 3.37. The number of rotatable bonds is 4. The molecule has 3 aromatic rings. The molecule has 0 unspecified atom stereocenters. The molecule has 3 aromatic heterocycles. The Morgan fingerprint density at radius 2 is 2.00 bits per heavy atom. The van der Waals surface area contributed by atoms with Gasteiger partial charge < -0.3 is 19.1 Å². The van der Waals surface area contributed by atoms with Gasteiger partial charge in [0.2, 0.25) is 5.88 Å². The summed E-state index contributed by atoms with van der Waals surface area (Å²) in [6, 6.07) is 11.7. The molecule has 1 saturated heterocycles. The van der Waals surface area contributed by atoms with Crippen molar-refractivity contribution in [3.8, 4) is 17.3 Å². The van der Waals surface area contributed by atoms with Gasteiger partial charge in [-0.25, -0.2) is 0 Å². The van der Waals surface area contributed by atoms with Crippen LogP contribution in [-0.4, -0.2) is 50.8 Å². The number of aromatic nitrogens is 3. The standard InChI is InChI=1S/C19H22N4O2/c1-22-10-7-16(8-11-22)25-18-6-5-17(20-21-18)19-14(13-24)12-15-4-2-3-9-23(15)19/h2-6,9,12,16,24H,7-8,10-11,13H2,1H3. The first kappa shape index (κ1) is 16.1. The second-order valence-electron chi connectivity index (χ2n) is 6.55. The van der Waals surface area contributed by atoms with Gasteiger partial charge in [-0.05, 0) is 44.2 Å². The summed E-state index contributed by atoms with van der Waals surface area (Å²) in [7, 11) is 2.13. The van der Waals surface area contributed by atoms with Crippen LogP contribution in [0.2, 0.25) is 0 Å². The molecule has 0 aromatic carbocycles. The minimum absolute atomic E-state index is 0.0352. The first-order valence-corrected chi connectivity index (χ1v) is 8.64. The van der Waals surface area contributed by atoms with Crippen LogP contribution in [0.4, 0.5) is 0 Å². The van der Waals surface area contributed by atoms with Crippen molar-refractivity contribution >= 4 is 5.52 Å². The zero-order valence-corrected chi connectivity index (χ0v) is 14.3. The summed E-state index contributed by atoms with van der Waals surface area (Å²) < 4.78 is 7.98. The monoisotopic (exact) mass is 338 g/mol. The van der Waals surface area contributed by atoms with Crippen LogP contribution in [0.5, 0.6) is 5.88 Å². The Morgan fingerprint density at radius 1 is 1.16 bits per heavy atom. The number of hydrogen-bond acceptors (Lipinski definition) is 5. The Bertz CT molecular complexity index is 851. The molecule has 0 aliphatic carbocycles. The molecule has 0 bridgehead atoms. The van der Waals surface area contributed by atoms with Gasteiger partial charge in [-0.3, -0.25) is 0 Å². The summed E-state index contributed by atoms with van der Waals surface area (Å²) in [6.45, 7) is 2.06. The van der Waals surface area contributed by atoms with E-state index >= 15 is 0 Å². The summed E-state index contributed by atoms with van der Waals surface area (Å²) >= 11 is 0. The highest BCUT2D eigenvalue weighted by molar-refractivity contribution is 5.69. The van der Waals surface area contributed by atoms with E-state index in [1.807, 2.05) is 47.0 Å². The van der Waals surface area contributed by atoms with Crippen LogP contribution in [0, 0.1) is 0 Å². The Labute approximate surface area is 146 Å². The number of aliphatic hydroxyl groups excluding tert-OH is 1. The van der Waals surface area contributed by atoms with Crippen LogP contribution in [0.15, 0.2) is 42.6 Å². The van der Waals surface area contributed by atoms with Crippen molar-refractivity contribution in [1.29, 1.82) is 0 Å². The molecular weight excluding hydrogens is 316 g/mol. The Morgan fingerprint density at radius 3 is 2.72 bits per heavy atom. The molecule has 130 valence electrons. The van der Waals surface area contributed by atoms with E-state index in [4.69, 9.17) is 4.74 Å². The van der Waals surface area contributed by atoms with Gasteiger partial charge in [0, 0.05) is 36.4 Å². The van der Waals surface area contributed by atoms with Crippen molar-refractivity contribution in [2.45, 2.75) is 25.6 Å². The smallest absolute Gasteiger partial charge is 0.233 e. The molecule has 0 atom stereocenters. The van der Waals surface area contributed by atoms with Gasteiger partial charge in [0.15, 0.2) is 0 Å². The Balaban J connectivity index is 1.58. The summed E-state index contributed by atoms with van der Waals surface area (Å²) in [4.78, 5) is 2.31. The molecule has 4 rings (SSSR count). The average Bonchev–Trinajstić information content (AvgIpc) is 3.03. The van der Waals surface area contributed by atoms with Crippen molar-refractivity contribution in [1.82, 2.24) is 19.5 Å². The molecule has 0 spiro atoms. The highest BCUT2D eigenvalue weighted by atomic mass is 16.5. The molecule has 6 nitrogen and oxygen atoms in total. The van der Waals surface area contributed by atoms with Gasteiger partial charge in [0.25, 0.3) is 0 Å². The zero-order chi connectivity index (χ0) is 17.2. The summed E-state index contributed by atoms with van der Waals surface area (Å²) in [5.41, 5.74) is 3.46. The third kappa shape index (κ3) is 3.23. The highest BCUT2D eigenvalue weighted by Gasteiger charge is 2.19. The summed E-state index contributed by atoms with van der Waals surface area (Å²) in [5, 5.41) is 18.3. The predicted molar refractivity (Wildman–Crippen MR) is 95.5 cm³/mol. The minimum Gasteiger partial charge on any atom is -0.473 e. The van der Waals surface area contributed by atoms with E-state index in [0.29, 0.717) is 5.88 Å². The number of hydrogen-bond donors (Lipinski definition) is 1. The lowest BCUT2D eigenvalue weighted by molar-refractivity contribution is 0.109. The number of likely N-dealkylation sites (tertiary alicyclic amines) is 1. The van der Waals surface area contributed by atoms with Crippen LogP contribution in [0.1, 0.15) is 18.4 Å². The summed E-state index contributed by atoms with van der Waals surface area (Å²) in [5.74, 6) is 0.560. The molecule has 0 radical (unpaired) electrons. The van der Waals surface area contributed by atoms with E-state index in [-0.39, 0.29) is 12.7 Å². The van der Waals surface area contributed by atoms with Crippen molar-refractivity contribution in [3.05, 3.63) is 48.2 Å². The zero-order valence-electron chi connectivity index (χ0n) is 14.3. The molecule has 6 heteroatoms. The predicted octanol–water partition coefficient (Wildman–Crippen LogP) is 2.36. The van der Waals surface area contributed by atoms with Crippen LogP contribution in [0.3, 0.4) is 0 Å². The number of aliphatic hydroxyl groups is 1. The normalized spacial score (nSPS) is 16.4. The number of piperidine rings is 1. The Hall–Kier alpha value is -2.44. The van der Waals surface area contributed by atoms with Crippen molar-refractivity contribution in [2.75, 3.05) is 20.1 Å². The molecule has 1 fully saturated rings. The van der Waals surface area contributed by atoms with Crippen LogP contribution < -0.4 is 4.74 Å². The van der Waals surface area contributed by atoms with Crippen LogP contribution >= 0.6 is 0 Å². The molecule has 4 heterocycles. The molecule has 25 heavy (non-hydrogen) atoms. The lowest BCUT2D eigenvalue weighted by Crippen LogP contribution is -2.35. The van der Waals surface area contributed by atoms with Crippen molar-refractivity contribution in [2.24, 2.45) is 0 Å². The highest BCUT2D eigenvalue weighted by Crippen LogP contribution is 2.27. The average molecular weight is 338 g/mol. The van der Waals surface area contributed by atoms with Crippen molar-refractivity contribution in [3.63, 3.8) is 0 Å². The maximum atomic E-state index is 9.68. The number of pyridine rings is 1. The molecule has 1 aliphatic heterocycles. The fourth-order valence-corrected chi connectivity index (χ4v) is 3.37. The van der Waals surface area contributed by atoms with E-state index in [2.05, 4.69) is 22.1 Å². The largest absolute Gasteiger partial charge is 0.473 e. The van der Waals surface area contributed by atoms with Gasteiger partial charge in [-0.1, -0.05) is 6.07 Å². The number of ether oxygens (including phenoxy) is 1. The van der Waals surface area contributed by atoms with E-state index in [9.17, 15) is 5.11 Å². The quantitative estimate of drug-likeness (QED) is 0.791. The second kappa shape index (κ2) is 6.82. The lowest BCUT2D eigenvalue weighted by Gasteiger charge is -2.28. The van der Waals surface area contributed by atoms with Gasteiger partial charge in [0.05, 0.1) is 12.3 Å². The van der Waals surface area contributed by atoms with Gasteiger partial charge in [0.1, 0.15) is 11.8 Å². The minimum atomic E-state index is -0.0352. The topological polar surface area (TPSA) is 62.9 Å². The third-order valence-corrected chi connectivity index (χ3v) is 4.76. The fraction of sp³-hybridized carbons (Fsp3) is 0.368. The summed E-state index contributed by atoms with van der Waals surface area (Å²) in [6.07, 6.45) is 4.20. The first-order chi connectivity index (χ1) is 12.2. The lowest BCUT2D eigenvalue weighted by atomic mass is 10.1. The van der Waals surface area contributed by atoms with E-state index < -0.39 is 0 Å². The molecule has 0 saturated carbocycles. The Kier molecular flexibility index (Phi) is 4.38. The maximum Gasteiger partial charge on any atom is 0.233 e. The maximum absolute atomic E-state index is 9.68. The van der Waals surface area contributed by atoms with Crippen LogP contribution in [-0.2, 0) is 6.61 Å². The van der Waals surface area contributed by atoms with E-state index in [0.717, 1.165) is 48.4 Å². The van der Waals surface area contributed by atoms with Gasteiger partial charge in [-0.15, -0.1) is 10.2 Å². The van der Waals surface area contributed by atoms with Crippen LogP contribution in [0.25, 0.3) is 16.9 Å². The number of fused-ring (bicyclic) bond motifs is 1. The molecule has 0 amide bonds. The van der Waals surface area contributed by atoms with E-state index in [1.165, 1.54) is 0 Å². The van der Waals surface area contributed by atoms with Crippen molar-refractivity contribution < 1.29 is 9.84 Å². The van der Waals surface area contributed by atoms with Gasteiger partial charge >= 0.3 is 0 Å². The second-order valence-corrected chi connectivity index (χ2v) is 6.55. The van der Waals surface area contributed by atoms with Gasteiger partial charge in [-0.2, -0.15) is 0 Å². The van der Waals surface area contributed by atoms with E-state index in [1.54, 1.807) is 0 Å². The first-order valence-electron chi connectivity index (χ1n) is 8.64. The third-order valence-electron chi connectivity index (χ3n) is 4.76. The molecule has 1 N–H and O–H groups in total. The number of nitrogens with zero attached hydrogens (tertiary/aromatic N) is 4. The SMILES string of the molecule is CN1CCC(Oc2ccc(-c3c(CO)cc4ccccn34)nn2)CC1. The molecule has 1 aliphatic rings. The molecular formula is C19H22N4O2.